The van der Waals surface area contributed by atoms with E-state index in [-0.39, 0.29) is 18.5 Å². The van der Waals surface area contributed by atoms with E-state index in [2.05, 4.69) is 31.3 Å². The lowest BCUT2D eigenvalue weighted by molar-refractivity contribution is -0.143. The molecule has 0 saturated heterocycles. The van der Waals surface area contributed by atoms with Gasteiger partial charge >= 0.3 is 5.97 Å². The van der Waals surface area contributed by atoms with Gasteiger partial charge in [-0.2, -0.15) is 0 Å². The number of unbranched alkanes of at least 4 members (excludes halogenated alkanes) is 57. The van der Waals surface area contributed by atoms with Crippen LogP contribution in [0.4, 0.5) is 0 Å². The van der Waals surface area contributed by atoms with E-state index in [0.29, 0.717) is 25.9 Å². The number of rotatable bonds is 70. The molecule has 0 aliphatic rings. The van der Waals surface area contributed by atoms with Gasteiger partial charge in [0, 0.05) is 12.8 Å². The lowest BCUT2D eigenvalue weighted by atomic mass is 10.0. The second-order valence-corrected chi connectivity index (χ2v) is 25.6. The number of ether oxygens (including phenoxy) is 1. The molecule has 0 aliphatic heterocycles. The van der Waals surface area contributed by atoms with Gasteiger partial charge in [-0.05, 0) is 51.4 Å². The van der Waals surface area contributed by atoms with E-state index in [1.165, 1.54) is 353 Å². The molecule has 2 unspecified atom stereocenters. The predicted octanol–water partition coefficient (Wildman–Crippen LogP) is 23.9. The van der Waals surface area contributed by atoms with Crippen molar-refractivity contribution in [3.63, 3.8) is 0 Å². The molecule has 0 saturated carbocycles. The molecule has 6 heteroatoms. The Balaban J connectivity index is 3.38. The number of esters is 1. The smallest absolute Gasteiger partial charge is 0.305 e. The number of carbonyl (C=O) groups is 2. The van der Waals surface area contributed by atoms with Gasteiger partial charge < -0.3 is 20.3 Å². The van der Waals surface area contributed by atoms with Gasteiger partial charge in [0.05, 0.1) is 25.4 Å². The van der Waals surface area contributed by atoms with Crippen LogP contribution in [-0.4, -0.2) is 47.4 Å². The highest BCUT2D eigenvalue weighted by Crippen LogP contribution is 2.20. The van der Waals surface area contributed by atoms with E-state index in [1.807, 2.05) is 0 Å². The highest BCUT2D eigenvalue weighted by Gasteiger charge is 2.20. The van der Waals surface area contributed by atoms with Gasteiger partial charge in [0.15, 0.2) is 0 Å². The molecular weight excluding hydrogens is 983 g/mol. The zero-order valence-electron chi connectivity index (χ0n) is 54.6. The molecule has 3 N–H and O–H groups in total. The van der Waals surface area contributed by atoms with E-state index < -0.39 is 12.1 Å². The van der Waals surface area contributed by atoms with Crippen molar-refractivity contribution in [3.05, 3.63) is 12.2 Å². The van der Waals surface area contributed by atoms with Crippen LogP contribution in [0, 0.1) is 0 Å². The third kappa shape index (κ3) is 65.7. The van der Waals surface area contributed by atoms with Crippen LogP contribution in [0.2, 0.25) is 0 Å². The van der Waals surface area contributed by atoms with Crippen LogP contribution < -0.4 is 5.32 Å². The second-order valence-electron chi connectivity index (χ2n) is 25.6. The highest BCUT2D eigenvalue weighted by molar-refractivity contribution is 5.76. The van der Waals surface area contributed by atoms with Crippen molar-refractivity contribution in [1.29, 1.82) is 0 Å². The maximum Gasteiger partial charge on any atom is 0.305 e. The summed E-state index contributed by atoms with van der Waals surface area (Å²) in [7, 11) is 0. The molecule has 0 bridgehead atoms. The first-order valence-corrected chi connectivity index (χ1v) is 36.9. The van der Waals surface area contributed by atoms with Crippen molar-refractivity contribution in [2.24, 2.45) is 0 Å². The summed E-state index contributed by atoms with van der Waals surface area (Å²) in [5, 5.41) is 23.5. The Kier molecular flexibility index (Phi) is 68.9. The molecule has 6 nitrogen and oxygen atoms in total. The van der Waals surface area contributed by atoms with Crippen molar-refractivity contribution >= 4 is 11.9 Å². The van der Waals surface area contributed by atoms with Crippen LogP contribution in [0.5, 0.6) is 0 Å². The normalized spacial score (nSPS) is 12.5. The Hall–Kier alpha value is -1.40. The van der Waals surface area contributed by atoms with Gasteiger partial charge in [-0.1, -0.05) is 373 Å². The van der Waals surface area contributed by atoms with Gasteiger partial charge in [0.1, 0.15) is 0 Å². The molecule has 0 fully saturated rings. The van der Waals surface area contributed by atoms with Crippen LogP contribution in [0.15, 0.2) is 12.2 Å². The van der Waals surface area contributed by atoms with Gasteiger partial charge in [-0.25, -0.2) is 0 Å². The van der Waals surface area contributed by atoms with Crippen molar-refractivity contribution in [1.82, 2.24) is 5.32 Å². The first-order chi connectivity index (χ1) is 39.5. The quantitative estimate of drug-likeness (QED) is 0.0320. The van der Waals surface area contributed by atoms with Gasteiger partial charge in [0.2, 0.25) is 5.91 Å². The summed E-state index contributed by atoms with van der Waals surface area (Å²) in [5.74, 6) is -0.0141. The molecule has 476 valence electrons. The zero-order valence-corrected chi connectivity index (χ0v) is 54.6. The van der Waals surface area contributed by atoms with Crippen LogP contribution >= 0.6 is 0 Å². The Morgan fingerprint density at radius 3 is 0.887 bits per heavy atom. The molecular formula is C74H145NO5. The maximum atomic E-state index is 12.6. The van der Waals surface area contributed by atoms with Crippen molar-refractivity contribution in [3.8, 4) is 0 Å². The molecule has 2 atom stereocenters. The largest absolute Gasteiger partial charge is 0.466 e. The van der Waals surface area contributed by atoms with Gasteiger partial charge in [0.25, 0.3) is 0 Å². The number of allylic oxidation sites excluding steroid dienone is 2. The van der Waals surface area contributed by atoms with Crippen LogP contribution in [0.25, 0.3) is 0 Å². The lowest BCUT2D eigenvalue weighted by Crippen LogP contribution is -2.45. The van der Waals surface area contributed by atoms with Gasteiger partial charge in [-0.3, -0.25) is 9.59 Å². The third-order valence-corrected chi connectivity index (χ3v) is 17.6. The summed E-state index contributed by atoms with van der Waals surface area (Å²) in [5.41, 5.74) is 0. The number of amides is 1. The first-order valence-electron chi connectivity index (χ1n) is 36.9. The van der Waals surface area contributed by atoms with Crippen molar-refractivity contribution < 1.29 is 24.5 Å². The number of carbonyl (C=O) groups excluding carboxylic acids is 2. The van der Waals surface area contributed by atoms with Crippen LogP contribution in [0.1, 0.15) is 425 Å². The van der Waals surface area contributed by atoms with E-state index in [4.69, 9.17) is 4.74 Å². The fourth-order valence-electron chi connectivity index (χ4n) is 11.9. The van der Waals surface area contributed by atoms with Gasteiger partial charge in [-0.15, -0.1) is 0 Å². The molecule has 0 radical (unpaired) electrons. The molecule has 0 aromatic heterocycles. The Labute approximate surface area is 501 Å². The number of nitrogens with one attached hydrogen (secondary N) is 1. The predicted molar refractivity (Wildman–Crippen MR) is 352 cm³/mol. The first kappa shape index (κ1) is 78.6. The fraction of sp³-hybridized carbons (Fsp3) is 0.946. The number of hydrogen-bond donors (Lipinski definition) is 3. The lowest BCUT2D eigenvalue weighted by Gasteiger charge is -2.22. The van der Waals surface area contributed by atoms with E-state index in [1.54, 1.807) is 0 Å². The highest BCUT2D eigenvalue weighted by atomic mass is 16.5. The molecule has 0 aromatic rings. The van der Waals surface area contributed by atoms with Crippen LogP contribution in [0.3, 0.4) is 0 Å². The van der Waals surface area contributed by atoms with Crippen molar-refractivity contribution in [2.45, 2.75) is 437 Å². The average molecular weight is 1130 g/mol. The molecule has 0 spiro atoms. The van der Waals surface area contributed by atoms with E-state index in [9.17, 15) is 19.8 Å². The molecule has 0 aliphatic carbocycles. The monoisotopic (exact) mass is 1130 g/mol. The molecule has 80 heavy (non-hydrogen) atoms. The fourth-order valence-corrected chi connectivity index (χ4v) is 11.9. The minimum Gasteiger partial charge on any atom is -0.466 e. The number of aliphatic hydroxyl groups excluding tert-OH is 2. The number of hydrogen-bond acceptors (Lipinski definition) is 5. The van der Waals surface area contributed by atoms with Crippen LogP contribution in [-0.2, 0) is 14.3 Å². The molecule has 0 aromatic carbocycles. The van der Waals surface area contributed by atoms with E-state index in [0.717, 1.165) is 38.5 Å². The number of aliphatic hydroxyl groups is 2. The Morgan fingerprint density at radius 2 is 0.588 bits per heavy atom. The SMILES string of the molecule is CCCCCCCCCCCCCCCCCCCCCCCCCCC(O)C(CO)NC(=O)CCCCCCCCCCCC/C=C\CCCCCCCCCCCCCCOC(=O)CCCCCCCCCCCCCCC. The maximum absolute atomic E-state index is 12.6. The summed E-state index contributed by atoms with van der Waals surface area (Å²) in [6, 6.07) is -0.544. The summed E-state index contributed by atoms with van der Waals surface area (Å²) >= 11 is 0. The topological polar surface area (TPSA) is 95.9 Å². The molecule has 0 heterocycles. The molecule has 0 rings (SSSR count). The van der Waals surface area contributed by atoms with E-state index >= 15 is 0 Å². The molecule has 1 amide bonds. The minimum absolute atomic E-state index is 0.0171. The Bertz CT molecular complexity index is 1210. The zero-order chi connectivity index (χ0) is 57.8. The average Bonchev–Trinajstić information content (AvgIpc) is 3.46. The standard InChI is InChI=1S/C74H145NO5/c1-3-5-7-9-11-13-15-17-18-19-20-21-22-27-30-33-36-39-43-46-50-54-58-62-66-72(77)71(70-76)75-73(78)67-63-59-55-51-47-44-40-37-34-31-28-25-23-24-26-29-32-35-38-41-45-49-53-57-61-65-69-80-74(79)68-64-60-56-52-48-42-16-14-12-10-8-6-4-2/h23,25,71-72,76-77H,3-22,24,26-70H2,1-2H3,(H,75,78)/b25-23-. The Morgan fingerprint density at radius 1 is 0.338 bits per heavy atom. The summed E-state index contributed by atoms with van der Waals surface area (Å²) < 4.78 is 5.49. The minimum atomic E-state index is -0.666. The summed E-state index contributed by atoms with van der Waals surface area (Å²) in [4.78, 5) is 24.6. The summed E-state index contributed by atoms with van der Waals surface area (Å²) in [6.07, 6.45) is 87.0. The third-order valence-electron chi connectivity index (χ3n) is 17.6. The van der Waals surface area contributed by atoms with Crippen molar-refractivity contribution in [2.75, 3.05) is 13.2 Å². The summed E-state index contributed by atoms with van der Waals surface area (Å²) in [6.45, 7) is 5.00. The second kappa shape index (κ2) is 70.1.